The van der Waals surface area contributed by atoms with Crippen LogP contribution in [0, 0.1) is 6.92 Å². The van der Waals surface area contributed by atoms with Gasteiger partial charge < -0.3 is 12.6 Å². The maximum atomic E-state index is 4.89. The molecule has 0 atom stereocenters. The summed E-state index contributed by atoms with van der Waals surface area (Å²) in [4.78, 5) is 0. The maximum absolute atomic E-state index is 4.89. The van der Waals surface area contributed by atoms with Crippen LogP contribution in [-0.2, 0) is 26.7 Å². The maximum Gasteiger partial charge on any atom is 0.230 e. The van der Waals surface area contributed by atoms with Gasteiger partial charge in [0.1, 0.15) is 0 Å². The first-order chi connectivity index (χ1) is 4.13. The first-order valence-corrected chi connectivity index (χ1v) is 3.10. The fourth-order valence-corrected chi connectivity index (χ4v) is 0.878. The van der Waals surface area contributed by atoms with E-state index in [2.05, 4.69) is 5.10 Å². The lowest BCUT2D eigenvalue weighted by molar-refractivity contribution is -0.715. The van der Waals surface area contributed by atoms with Gasteiger partial charge in [-0.3, -0.25) is 4.57 Å². The molecule has 1 rings (SSSR count). The van der Waals surface area contributed by atoms with Gasteiger partial charge in [0.15, 0.2) is 5.16 Å². The molecule has 0 unspecified atom stereocenters. The fraction of sp³-hybridized carbons (Fsp3) is 0.600. The Labute approximate surface area is 59.7 Å². The Morgan fingerprint density at radius 2 is 2.22 bits per heavy atom. The molecule has 0 spiro atoms. The Morgan fingerprint density at radius 1 is 1.67 bits per heavy atom. The van der Waals surface area contributed by atoms with Crippen molar-refractivity contribution in [3.8, 4) is 0 Å². The molecule has 0 aliphatic rings. The Balaban J connectivity index is 3.29. The molecule has 0 aromatic carbocycles. The smallest absolute Gasteiger partial charge is 0.230 e. The van der Waals surface area contributed by atoms with Gasteiger partial charge in [0, 0.05) is 12.0 Å². The van der Waals surface area contributed by atoms with E-state index in [-0.39, 0.29) is 0 Å². The number of aromatic nitrogens is 3. The van der Waals surface area contributed by atoms with Gasteiger partial charge in [-0.2, -0.15) is 0 Å². The van der Waals surface area contributed by atoms with Gasteiger partial charge in [-0.05, 0) is 0 Å². The third kappa shape index (κ3) is 0.896. The van der Waals surface area contributed by atoms with E-state index in [0.717, 1.165) is 5.82 Å². The molecule has 4 heteroatoms. The summed E-state index contributed by atoms with van der Waals surface area (Å²) in [7, 11) is 3.79. The van der Waals surface area contributed by atoms with E-state index in [1.807, 2.05) is 25.6 Å². The quantitative estimate of drug-likeness (QED) is 0.359. The zero-order valence-electron chi connectivity index (χ0n) is 5.75. The summed E-state index contributed by atoms with van der Waals surface area (Å²) < 4.78 is 3.64. The minimum absolute atomic E-state index is 0.634. The largest absolute Gasteiger partial charge is 0.703 e. The zero-order chi connectivity index (χ0) is 7.02. The van der Waals surface area contributed by atoms with E-state index in [9.17, 15) is 0 Å². The highest BCUT2D eigenvalue weighted by Crippen LogP contribution is 1.87. The summed E-state index contributed by atoms with van der Waals surface area (Å²) >= 11 is 4.89. The topological polar surface area (TPSA) is 21.7 Å². The van der Waals surface area contributed by atoms with E-state index in [1.54, 1.807) is 4.68 Å². The van der Waals surface area contributed by atoms with Crippen molar-refractivity contribution in [3.63, 3.8) is 0 Å². The van der Waals surface area contributed by atoms with Gasteiger partial charge >= 0.3 is 0 Å². The highest BCUT2D eigenvalue weighted by Gasteiger charge is 2.05. The van der Waals surface area contributed by atoms with Crippen LogP contribution in [0.3, 0.4) is 0 Å². The summed E-state index contributed by atoms with van der Waals surface area (Å²) in [5.74, 6) is 1.07. The van der Waals surface area contributed by atoms with Crippen molar-refractivity contribution >= 4 is 12.6 Å². The van der Waals surface area contributed by atoms with Crippen molar-refractivity contribution < 1.29 is 4.57 Å². The first-order valence-electron chi connectivity index (χ1n) is 2.69. The number of hydrogen-bond donors (Lipinski definition) is 0. The van der Waals surface area contributed by atoms with Crippen molar-refractivity contribution in [3.05, 3.63) is 5.82 Å². The summed E-state index contributed by atoms with van der Waals surface area (Å²) in [5.41, 5.74) is 0. The predicted octanol–water partition coefficient (Wildman–Crippen LogP) is -0.541. The van der Waals surface area contributed by atoms with Crippen LogP contribution in [0.25, 0.3) is 0 Å². The third-order valence-corrected chi connectivity index (χ3v) is 1.83. The molecule has 0 saturated heterocycles. The number of nitrogens with zero attached hydrogens (tertiary/aromatic N) is 3. The van der Waals surface area contributed by atoms with Gasteiger partial charge in [-0.15, -0.1) is 4.68 Å². The monoisotopic (exact) mass is 143 g/mol. The third-order valence-electron chi connectivity index (χ3n) is 1.48. The molecule has 0 saturated carbocycles. The zero-order valence-corrected chi connectivity index (χ0v) is 6.57. The highest BCUT2D eigenvalue weighted by molar-refractivity contribution is 7.58. The van der Waals surface area contributed by atoms with Gasteiger partial charge in [-0.25, -0.2) is 0 Å². The van der Waals surface area contributed by atoms with Crippen LogP contribution >= 0.6 is 0 Å². The number of rotatable bonds is 0. The molecule has 0 amide bonds. The van der Waals surface area contributed by atoms with Crippen LogP contribution in [0.1, 0.15) is 5.82 Å². The minimum Gasteiger partial charge on any atom is -0.703 e. The lowest BCUT2D eigenvalue weighted by Gasteiger charge is -1.92. The molecule has 0 N–H and O–H groups in total. The molecule has 1 heterocycles. The van der Waals surface area contributed by atoms with Crippen molar-refractivity contribution in [2.75, 3.05) is 0 Å². The first kappa shape index (κ1) is 6.48. The summed E-state index contributed by atoms with van der Waals surface area (Å²) in [6.07, 6.45) is 0. The molecular formula is C5H9N3S. The average Bonchev–Trinajstić information content (AvgIpc) is 1.98. The van der Waals surface area contributed by atoms with Crippen molar-refractivity contribution in [1.29, 1.82) is 0 Å². The van der Waals surface area contributed by atoms with E-state index >= 15 is 0 Å². The van der Waals surface area contributed by atoms with E-state index < -0.39 is 0 Å². The van der Waals surface area contributed by atoms with E-state index in [0.29, 0.717) is 5.16 Å². The molecule has 0 fully saturated rings. The standard InChI is InChI=1S/C5H9N3S/c1-4-7(2)5(9)6-8(4)3/h1-3H3. The van der Waals surface area contributed by atoms with Crippen molar-refractivity contribution in [2.24, 2.45) is 14.1 Å². The normalized spacial score (nSPS) is 10.1. The molecular weight excluding hydrogens is 134 g/mol. The second kappa shape index (κ2) is 1.95. The Morgan fingerprint density at radius 3 is 2.33 bits per heavy atom. The van der Waals surface area contributed by atoms with Crippen LogP contribution in [0.4, 0.5) is 0 Å². The van der Waals surface area contributed by atoms with Gasteiger partial charge in [0.25, 0.3) is 0 Å². The van der Waals surface area contributed by atoms with Gasteiger partial charge in [0.2, 0.25) is 5.82 Å². The van der Waals surface area contributed by atoms with E-state index in [4.69, 9.17) is 12.6 Å². The molecule has 1 aromatic heterocycles. The van der Waals surface area contributed by atoms with Gasteiger partial charge in [0.05, 0.1) is 14.1 Å². The van der Waals surface area contributed by atoms with Gasteiger partial charge in [-0.1, -0.05) is 0 Å². The molecule has 0 aliphatic carbocycles. The molecule has 1 aromatic rings. The van der Waals surface area contributed by atoms with Crippen molar-refractivity contribution in [2.45, 2.75) is 12.1 Å². The number of hydrogen-bond acceptors (Lipinski definition) is 2. The Kier molecular flexibility index (Phi) is 1.40. The number of aryl methyl sites for hydroxylation is 1. The second-order valence-electron chi connectivity index (χ2n) is 2.01. The summed E-state index contributed by atoms with van der Waals surface area (Å²) in [6.45, 7) is 1.98. The predicted molar refractivity (Wildman–Crippen MR) is 34.8 cm³/mol. The lowest BCUT2D eigenvalue weighted by atomic mass is 10.7. The SMILES string of the molecule is Cc1n(C)nc([S-])[n+]1C. The van der Waals surface area contributed by atoms with Crippen LogP contribution in [0.5, 0.6) is 0 Å². The summed E-state index contributed by atoms with van der Waals surface area (Å²) in [6, 6.07) is 0. The lowest BCUT2D eigenvalue weighted by Crippen LogP contribution is -2.32. The Bertz CT molecular complexity index is 206. The molecule has 3 nitrogen and oxygen atoms in total. The molecule has 50 valence electrons. The minimum atomic E-state index is 0.634. The van der Waals surface area contributed by atoms with Crippen LogP contribution < -0.4 is 4.57 Å². The van der Waals surface area contributed by atoms with E-state index in [1.165, 1.54) is 0 Å². The highest BCUT2D eigenvalue weighted by atomic mass is 32.1. The molecule has 0 aliphatic heterocycles. The van der Waals surface area contributed by atoms with Crippen LogP contribution in [0.15, 0.2) is 5.16 Å². The molecule has 9 heavy (non-hydrogen) atoms. The molecule has 0 radical (unpaired) electrons. The molecule has 0 bridgehead atoms. The van der Waals surface area contributed by atoms with Crippen LogP contribution in [0.2, 0.25) is 0 Å². The summed E-state index contributed by atoms with van der Waals surface area (Å²) in [5, 5.41) is 4.64. The fourth-order valence-electron chi connectivity index (χ4n) is 0.623. The van der Waals surface area contributed by atoms with Crippen molar-refractivity contribution in [1.82, 2.24) is 9.78 Å². The Hall–Kier alpha value is -0.640. The average molecular weight is 143 g/mol. The van der Waals surface area contributed by atoms with Crippen LogP contribution in [-0.4, -0.2) is 9.78 Å². The second-order valence-corrected chi connectivity index (χ2v) is 2.38.